The van der Waals surface area contributed by atoms with Crippen molar-refractivity contribution in [3.05, 3.63) is 88.8 Å². The minimum atomic E-state index is 0.135. The second kappa shape index (κ2) is 8.29. The predicted molar refractivity (Wildman–Crippen MR) is 111 cm³/mol. The van der Waals surface area contributed by atoms with Crippen LogP contribution in [0.15, 0.2) is 71.3 Å². The van der Waals surface area contributed by atoms with E-state index in [2.05, 4.69) is 16.2 Å². The molecule has 4 rings (SSSR count). The summed E-state index contributed by atoms with van der Waals surface area (Å²) in [5.41, 5.74) is 4.38. The minimum Gasteiger partial charge on any atom is -0.483 e. The van der Waals surface area contributed by atoms with Crippen molar-refractivity contribution in [3.63, 3.8) is 0 Å². The zero-order chi connectivity index (χ0) is 20.2. The summed E-state index contributed by atoms with van der Waals surface area (Å²) in [6, 6.07) is 20.5. The van der Waals surface area contributed by atoms with Gasteiger partial charge in [-0.05, 0) is 36.8 Å². The lowest BCUT2D eigenvalue weighted by Gasteiger charge is -2.11. The van der Waals surface area contributed by atoms with Gasteiger partial charge in [0.15, 0.2) is 6.61 Å². The fourth-order valence-corrected chi connectivity index (χ4v) is 3.12. The number of aryl methyl sites for hydroxylation is 1. The molecule has 5 nitrogen and oxygen atoms in total. The summed E-state index contributed by atoms with van der Waals surface area (Å²) in [5, 5.41) is 4.65. The van der Waals surface area contributed by atoms with Gasteiger partial charge in [0.05, 0.1) is 0 Å². The fraction of sp³-hybridized carbons (Fsp3) is 0.0870. The molecular weight excluding hydrogens is 388 g/mol. The van der Waals surface area contributed by atoms with Gasteiger partial charge in [-0.3, -0.25) is 4.79 Å². The molecular formula is C23H17ClN2O3. The van der Waals surface area contributed by atoms with Crippen LogP contribution in [-0.2, 0) is 6.61 Å². The fourth-order valence-electron chi connectivity index (χ4n) is 2.93. The molecule has 144 valence electrons. The number of rotatable bonds is 6. The van der Waals surface area contributed by atoms with Gasteiger partial charge in [-0.1, -0.05) is 64.8 Å². The van der Waals surface area contributed by atoms with Gasteiger partial charge in [0, 0.05) is 21.7 Å². The maximum atomic E-state index is 10.8. The molecule has 0 aliphatic rings. The van der Waals surface area contributed by atoms with Gasteiger partial charge < -0.3 is 9.26 Å². The molecule has 0 radical (unpaired) electrons. The van der Waals surface area contributed by atoms with Crippen LogP contribution in [0.1, 0.15) is 21.8 Å². The molecule has 29 heavy (non-hydrogen) atoms. The third kappa shape index (κ3) is 4.36. The van der Waals surface area contributed by atoms with Crippen LogP contribution in [0.5, 0.6) is 5.75 Å². The van der Waals surface area contributed by atoms with E-state index >= 15 is 0 Å². The average Bonchev–Trinajstić information content (AvgIpc) is 3.22. The summed E-state index contributed by atoms with van der Waals surface area (Å²) < 4.78 is 11.3. The molecule has 0 aliphatic carbocycles. The largest absolute Gasteiger partial charge is 0.483 e. The maximum Gasteiger partial charge on any atom is 0.264 e. The predicted octanol–water partition coefficient (Wildman–Crippen LogP) is 5.76. The van der Waals surface area contributed by atoms with Crippen molar-refractivity contribution in [1.82, 2.24) is 10.1 Å². The van der Waals surface area contributed by atoms with E-state index in [1.165, 1.54) is 0 Å². The van der Waals surface area contributed by atoms with Crippen molar-refractivity contribution in [2.75, 3.05) is 0 Å². The van der Waals surface area contributed by atoms with Gasteiger partial charge in [-0.25, -0.2) is 0 Å². The van der Waals surface area contributed by atoms with E-state index in [1.807, 2.05) is 43.3 Å². The molecule has 0 amide bonds. The number of hydrogen-bond acceptors (Lipinski definition) is 5. The van der Waals surface area contributed by atoms with E-state index in [9.17, 15) is 4.79 Å². The molecule has 0 spiro atoms. The lowest BCUT2D eigenvalue weighted by atomic mass is 10.0. The number of carbonyl (C=O) groups is 1. The topological polar surface area (TPSA) is 65.2 Å². The van der Waals surface area contributed by atoms with Crippen LogP contribution in [0.2, 0.25) is 5.02 Å². The van der Waals surface area contributed by atoms with E-state index in [4.69, 9.17) is 20.9 Å². The lowest BCUT2D eigenvalue weighted by Crippen LogP contribution is -1.98. The molecule has 0 saturated heterocycles. The first kappa shape index (κ1) is 18.9. The molecule has 1 heterocycles. The average molecular weight is 405 g/mol. The standard InChI is InChI=1S/C23H17ClN2O3/c1-15-5-10-21(20(11-15)18-3-2-4-19(24)12-18)28-14-22-25-23(26-29-22)17-8-6-16(13-27)7-9-17/h2-13H,14H2,1H3. The Bertz CT molecular complexity index is 1150. The molecule has 4 aromatic rings. The van der Waals surface area contributed by atoms with Gasteiger partial charge in [-0.15, -0.1) is 0 Å². The van der Waals surface area contributed by atoms with Crippen LogP contribution in [-0.4, -0.2) is 16.4 Å². The molecule has 0 bridgehead atoms. The Balaban J connectivity index is 1.54. The maximum absolute atomic E-state index is 10.8. The highest BCUT2D eigenvalue weighted by Gasteiger charge is 2.12. The first-order valence-corrected chi connectivity index (χ1v) is 9.38. The SMILES string of the molecule is Cc1ccc(OCc2nc(-c3ccc(C=O)cc3)no2)c(-c2cccc(Cl)c2)c1. The van der Waals surface area contributed by atoms with Crippen LogP contribution in [0, 0.1) is 6.92 Å². The monoisotopic (exact) mass is 404 g/mol. The van der Waals surface area contributed by atoms with Gasteiger partial charge in [-0.2, -0.15) is 4.98 Å². The second-order valence-electron chi connectivity index (χ2n) is 6.55. The molecule has 0 unspecified atom stereocenters. The first-order chi connectivity index (χ1) is 14.1. The van der Waals surface area contributed by atoms with Crippen molar-refractivity contribution >= 4 is 17.9 Å². The molecule has 1 aromatic heterocycles. The number of benzene rings is 3. The zero-order valence-electron chi connectivity index (χ0n) is 15.6. The summed E-state index contributed by atoms with van der Waals surface area (Å²) in [6.07, 6.45) is 0.790. The van der Waals surface area contributed by atoms with Crippen molar-refractivity contribution in [1.29, 1.82) is 0 Å². The third-order valence-electron chi connectivity index (χ3n) is 4.39. The van der Waals surface area contributed by atoms with Crippen molar-refractivity contribution in [2.45, 2.75) is 13.5 Å². The summed E-state index contributed by atoms with van der Waals surface area (Å²) in [4.78, 5) is 15.1. The van der Waals surface area contributed by atoms with Gasteiger partial charge in [0.25, 0.3) is 5.89 Å². The van der Waals surface area contributed by atoms with Gasteiger partial charge >= 0.3 is 0 Å². The number of nitrogens with zero attached hydrogens (tertiary/aromatic N) is 2. The number of aromatic nitrogens is 2. The molecule has 0 atom stereocenters. The van der Waals surface area contributed by atoms with Crippen LogP contribution in [0.25, 0.3) is 22.5 Å². The highest BCUT2D eigenvalue weighted by molar-refractivity contribution is 6.30. The number of ether oxygens (including phenoxy) is 1. The highest BCUT2D eigenvalue weighted by atomic mass is 35.5. The molecule has 0 fully saturated rings. The summed E-state index contributed by atoms with van der Waals surface area (Å²) in [6.45, 7) is 2.16. The van der Waals surface area contributed by atoms with Crippen molar-refractivity contribution in [3.8, 4) is 28.3 Å². The van der Waals surface area contributed by atoms with E-state index in [1.54, 1.807) is 24.3 Å². The highest BCUT2D eigenvalue weighted by Crippen LogP contribution is 2.33. The van der Waals surface area contributed by atoms with Crippen molar-refractivity contribution < 1.29 is 14.1 Å². The molecule has 3 aromatic carbocycles. The van der Waals surface area contributed by atoms with Crippen LogP contribution in [0.4, 0.5) is 0 Å². The van der Waals surface area contributed by atoms with Crippen LogP contribution in [0.3, 0.4) is 0 Å². The quantitative estimate of drug-likeness (QED) is 0.382. The Kier molecular flexibility index (Phi) is 5.40. The minimum absolute atomic E-state index is 0.135. The van der Waals surface area contributed by atoms with E-state index < -0.39 is 0 Å². The van der Waals surface area contributed by atoms with E-state index in [-0.39, 0.29) is 6.61 Å². The Labute approximate surface area is 172 Å². The van der Waals surface area contributed by atoms with Crippen LogP contribution < -0.4 is 4.74 Å². The number of halogens is 1. The molecule has 0 saturated carbocycles. The third-order valence-corrected chi connectivity index (χ3v) is 4.63. The Morgan fingerprint density at radius 1 is 1.03 bits per heavy atom. The summed E-state index contributed by atoms with van der Waals surface area (Å²) in [7, 11) is 0. The van der Waals surface area contributed by atoms with E-state index in [0.29, 0.717) is 28.1 Å². The Hall–Kier alpha value is -3.44. The molecule has 0 aliphatic heterocycles. The van der Waals surface area contributed by atoms with Crippen LogP contribution >= 0.6 is 11.6 Å². The summed E-state index contributed by atoms with van der Waals surface area (Å²) in [5.74, 6) is 1.50. The van der Waals surface area contributed by atoms with Gasteiger partial charge in [0.2, 0.25) is 5.82 Å². The number of carbonyl (C=O) groups excluding carboxylic acids is 1. The molecule has 6 heteroatoms. The first-order valence-electron chi connectivity index (χ1n) is 9.00. The number of aldehydes is 1. The normalized spacial score (nSPS) is 10.7. The number of hydrogen-bond donors (Lipinski definition) is 0. The lowest BCUT2D eigenvalue weighted by molar-refractivity contribution is 0.112. The zero-order valence-corrected chi connectivity index (χ0v) is 16.4. The summed E-state index contributed by atoms with van der Waals surface area (Å²) >= 11 is 6.15. The van der Waals surface area contributed by atoms with Crippen molar-refractivity contribution in [2.24, 2.45) is 0 Å². The molecule has 0 N–H and O–H groups in total. The van der Waals surface area contributed by atoms with E-state index in [0.717, 1.165) is 28.5 Å². The Morgan fingerprint density at radius 3 is 2.62 bits per heavy atom. The second-order valence-corrected chi connectivity index (χ2v) is 6.99. The smallest absolute Gasteiger partial charge is 0.264 e. The Morgan fingerprint density at radius 2 is 1.86 bits per heavy atom. The van der Waals surface area contributed by atoms with Gasteiger partial charge in [0.1, 0.15) is 12.0 Å².